The third kappa shape index (κ3) is 3.59. The number of hydrogen-bond donors (Lipinski definition) is 1. The second-order valence-electron chi connectivity index (χ2n) is 6.32. The van der Waals surface area contributed by atoms with Crippen LogP contribution in [0.3, 0.4) is 0 Å². The first-order chi connectivity index (χ1) is 10.6. The minimum absolute atomic E-state index is 0.118. The molecule has 0 spiro atoms. The van der Waals surface area contributed by atoms with Crippen LogP contribution in [0.15, 0.2) is 9.31 Å². The van der Waals surface area contributed by atoms with E-state index >= 15 is 0 Å². The molecule has 0 amide bonds. The number of furan rings is 1. The van der Waals surface area contributed by atoms with Crippen LogP contribution in [-0.4, -0.2) is 61.4 Å². The zero-order chi connectivity index (χ0) is 17.4. The summed E-state index contributed by atoms with van der Waals surface area (Å²) in [5, 5.41) is 9.31. The van der Waals surface area contributed by atoms with E-state index in [1.165, 1.54) is 18.2 Å². The smallest absolute Gasteiger partial charge is 0.340 e. The van der Waals surface area contributed by atoms with Crippen LogP contribution in [0.4, 0.5) is 0 Å². The number of piperazine rings is 1. The number of aromatic carboxylic acids is 1. The number of carboxylic acids is 1. The van der Waals surface area contributed by atoms with Gasteiger partial charge < -0.3 is 14.4 Å². The van der Waals surface area contributed by atoms with Crippen LogP contribution in [0.1, 0.15) is 35.7 Å². The van der Waals surface area contributed by atoms with E-state index in [0.29, 0.717) is 32.1 Å². The zero-order valence-corrected chi connectivity index (χ0v) is 14.8. The Morgan fingerprint density at radius 3 is 2.22 bits per heavy atom. The zero-order valence-electron chi connectivity index (χ0n) is 14.0. The van der Waals surface area contributed by atoms with Gasteiger partial charge in [0.1, 0.15) is 22.0 Å². The van der Waals surface area contributed by atoms with E-state index in [4.69, 9.17) is 4.42 Å². The predicted octanol–water partition coefficient (Wildman–Crippen LogP) is 1.56. The third-order valence-corrected chi connectivity index (χ3v) is 6.02. The van der Waals surface area contributed by atoms with E-state index in [2.05, 4.69) is 18.7 Å². The van der Waals surface area contributed by atoms with Crippen molar-refractivity contribution in [3.63, 3.8) is 0 Å². The maximum absolute atomic E-state index is 12.9. The molecule has 1 fully saturated rings. The summed E-state index contributed by atoms with van der Waals surface area (Å²) in [4.78, 5) is 13.4. The number of hydrogen-bond acceptors (Lipinski definition) is 5. The fraction of sp³-hybridized carbons (Fsp3) is 0.667. The molecule has 2 rings (SSSR count). The fourth-order valence-corrected chi connectivity index (χ4v) is 4.82. The average Bonchev–Trinajstić information content (AvgIpc) is 2.74. The molecule has 8 heteroatoms. The number of carboxylic acid groups (broad SMARTS) is 1. The van der Waals surface area contributed by atoms with Crippen LogP contribution in [0.5, 0.6) is 0 Å². The highest BCUT2D eigenvalue weighted by molar-refractivity contribution is 7.89. The summed E-state index contributed by atoms with van der Waals surface area (Å²) in [7, 11) is -3.87. The van der Waals surface area contributed by atoms with Gasteiger partial charge in [0.25, 0.3) is 0 Å². The minimum Gasteiger partial charge on any atom is -0.478 e. The lowest BCUT2D eigenvalue weighted by Gasteiger charge is -2.34. The van der Waals surface area contributed by atoms with Gasteiger partial charge in [0, 0.05) is 32.7 Å². The SMILES string of the molecule is Cc1oc(C)c(S(=O)(=O)N2CCN(CC(C)C)CC2)c1C(=O)O. The molecule has 23 heavy (non-hydrogen) atoms. The van der Waals surface area contributed by atoms with Gasteiger partial charge in [0.05, 0.1) is 0 Å². The monoisotopic (exact) mass is 344 g/mol. The Kier molecular flexibility index (Phi) is 5.17. The van der Waals surface area contributed by atoms with Gasteiger partial charge in [-0.15, -0.1) is 0 Å². The van der Waals surface area contributed by atoms with Crippen LogP contribution in [0, 0.1) is 19.8 Å². The Balaban J connectivity index is 2.26. The van der Waals surface area contributed by atoms with Crippen molar-refractivity contribution < 1.29 is 22.7 Å². The molecule has 1 saturated heterocycles. The molecule has 1 aromatic heterocycles. The van der Waals surface area contributed by atoms with Crippen molar-refractivity contribution in [1.82, 2.24) is 9.21 Å². The Bertz CT molecular complexity index is 685. The van der Waals surface area contributed by atoms with Crippen LogP contribution in [0.25, 0.3) is 0 Å². The molecule has 1 N–H and O–H groups in total. The summed E-state index contributed by atoms with van der Waals surface area (Å²) >= 11 is 0. The summed E-state index contributed by atoms with van der Waals surface area (Å²) in [5.74, 6) is -0.511. The molecule has 0 bridgehead atoms. The largest absolute Gasteiger partial charge is 0.478 e. The Morgan fingerprint density at radius 1 is 1.17 bits per heavy atom. The molecule has 0 saturated carbocycles. The van der Waals surface area contributed by atoms with Gasteiger partial charge in [-0.25, -0.2) is 13.2 Å². The highest BCUT2D eigenvalue weighted by Crippen LogP contribution is 2.29. The second kappa shape index (κ2) is 6.62. The van der Waals surface area contributed by atoms with E-state index in [9.17, 15) is 18.3 Å². The molecule has 0 aliphatic carbocycles. The molecular weight excluding hydrogens is 320 g/mol. The summed E-state index contributed by atoms with van der Waals surface area (Å²) in [6, 6.07) is 0. The lowest BCUT2D eigenvalue weighted by Crippen LogP contribution is -2.49. The maximum Gasteiger partial charge on any atom is 0.340 e. The van der Waals surface area contributed by atoms with Crippen molar-refractivity contribution in [3.8, 4) is 0 Å². The highest BCUT2D eigenvalue weighted by Gasteiger charge is 2.36. The number of nitrogens with zero attached hydrogens (tertiary/aromatic N) is 2. The number of carbonyl (C=O) groups is 1. The van der Waals surface area contributed by atoms with Gasteiger partial charge in [-0.05, 0) is 19.8 Å². The van der Waals surface area contributed by atoms with Gasteiger partial charge >= 0.3 is 5.97 Å². The van der Waals surface area contributed by atoms with E-state index in [1.54, 1.807) is 0 Å². The Hall–Kier alpha value is -1.38. The first-order valence-electron chi connectivity index (χ1n) is 7.70. The molecule has 2 heterocycles. The molecule has 7 nitrogen and oxygen atoms in total. The molecule has 0 aromatic carbocycles. The van der Waals surface area contributed by atoms with Crippen LogP contribution >= 0.6 is 0 Å². The lowest BCUT2D eigenvalue weighted by atomic mass is 10.2. The molecule has 1 aliphatic rings. The quantitative estimate of drug-likeness (QED) is 0.871. The average molecular weight is 344 g/mol. The highest BCUT2D eigenvalue weighted by atomic mass is 32.2. The fourth-order valence-electron chi connectivity index (χ4n) is 3.02. The lowest BCUT2D eigenvalue weighted by molar-refractivity contribution is 0.0691. The van der Waals surface area contributed by atoms with E-state index < -0.39 is 16.0 Å². The molecule has 1 aromatic rings. The normalized spacial score (nSPS) is 17.8. The standard InChI is InChI=1S/C15H24N2O5S/c1-10(2)9-16-5-7-17(8-6-16)23(20,21)14-12(4)22-11(3)13(14)15(18)19/h10H,5-9H2,1-4H3,(H,18,19). The van der Waals surface area contributed by atoms with Crippen LogP contribution < -0.4 is 0 Å². The Morgan fingerprint density at radius 2 is 1.74 bits per heavy atom. The number of aryl methyl sites for hydroxylation is 2. The van der Waals surface area contributed by atoms with E-state index in [1.807, 2.05) is 0 Å². The van der Waals surface area contributed by atoms with Crippen molar-refractivity contribution in [2.45, 2.75) is 32.6 Å². The summed E-state index contributed by atoms with van der Waals surface area (Å²) in [6.07, 6.45) is 0. The van der Waals surface area contributed by atoms with Crippen molar-refractivity contribution in [2.75, 3.05) is 32.7 Å². The third-order valence-electron chi connectivity index (χ3n) is 3.97. The summed E-state index contributed by atoms with van der Waals surface area (Å²) < 4.78 is 32.3. The minimum atomic E-state index is -3.87. The first kappa shape index (κ1) is 18.0. The van der Waals surface area contributed by atoms with Gasteiger partial charge in [0.2, 0.25) is 10.0 Å². The molecule has 0 atom stereocenters. The molecular formula is C15H24N2O5S. The molecule has 1 aliphatic heterocycles. The second-order valence-corrected chi connectivity index (χ2v) is 8.20. The van der Waals surface area contributed by atoms with Crippen molar-refractivity contribution >= 4 is 16.0 Å². The van der Waals surface area contributed by atoms with Crippen LogP contribution in [-0.2, 0) is 10.0 Å². The number of rotatable bonds is 5. The predicted molar refractivity (Wildman–Crippen MR) is 85.2 cm³/mol. The van der Waals surface area contributed by atoms with E-state index in [-0.39, 0.29) is 22.0 Å². The van der Waals surface area contributed by atoms with E-state index in [0.717, 1.165) is 6.54 Å². The Labute approximate surface area is 136 Å². The summed E-state index contributed by atoms with van der Waals surface area (Å²) in [5.41, 5.74) is -0.257. The van der Waals surface area contributed by atoms with Crippen molar-refractivity contribution in [1.29, 1.82) is 0 Å². The molecule has 130 valence electrons. The topological polar surface area (TPSA) is 91.1 Å². The molecule has 0 unspecified atom stereocenters. The molecule has 0 radical (unpaired) electrons. The first-order valence-corrected chi connectivity index (χ1v) is 9.14. The van der Waals surface area contributed by atoms with Gasteiger partial charge in [-0.3, -0.25) is 0 Å². The van der Waals surface area contributed by atoms with Crippen LogP contribution in [0.2, 0.25) is 0 Å². The van der Waals surface area contributed by atoms with Crippen molar-refractivity contribution in [2.24, 2.45) is 5.92 Å². The number of sulfonamides is 1. The maximum atomic E-state index is 12.9. The van der Waals surface area contributed by atoms with Gasteiger partial charge in [0.15, 0.2) is 0 Å². The summed E-state index contributed by atoms with van der Waals surface area (Å²) in [6.45, 7) is 10.1. The van der Waals surface area contributed by atoms with Gasteiger partial charge in [-0.2, -0.15) is 4.31 Å². The van der Waals surface area contributed by atoms with Gasteiger partial charge in [-0.1, -0.05) is 13.8 Å². The van der Waals surface area contributed by atoms with Crippen molar-refractivity contribution in [3.05, 3.63) is 17.1 Å².